The highest BCUT2D eigenvalue weighted by molar-refractivity contribution is 8.00. The Balaban J connectivity index is 2.01. The largest absolute Gasteiger partial charge is 0.325 e. The lowest BCUT2D eigenvalue weighted by Gasteiger charge is -2.13. The van der Waals surface area contributed by atoms with Crippen LogP contribution < -0.4 is 5.32 Å². The number of hydrogen-bond acceptors (Lipinski definition) is 2. The van der Waals surface area contributed by atoms with Gasteiger partial charge < -0.3 is 5.32 Å². The molecule has 0 aliphatic carbocycles. The molecule has 0 unspecified atom stereocenters. The van der Waals surface area contributed by atoms with E-state index in [-0.39, 0.29) is 11.2 Å². The number of nitrogens with one attached hydrogen (secondary N) is 1. The summed E-state index contributed by atoms with van der Waals surface area (Å²) in [5.41, 5.74) is 1.77. The zero-order valence-electron chi connectivity index (χ0n) is 11.4. The van der Waals surface area contributed by atoms with Crippen molar-refractivity contribution in [2.45, 2.75) is 24.0 Å². The number of anilines is 1. The predicted octanol–water partition coefficient (Wildman–Crippen LogP) is 4.77. The van der Waals surface area contributed by atoms with Crippen LogP contribution in [0.3, 0.4) is 0 Å². The van der Waals surface area contributed by atoms with Gasteiger partial charge in [0.15, 0.2) is 0 Å². The lowest BCUT2D eigenvalue weighted by Crippen LogP contribution is -2.22. The zero-order valence-corrected chi connectivity index (χ0v) is 13.0. The van der Waals surface area contributed by atoms with Gasteiger partial charge in [0.2, 0.25) is 5.91 Å². The zero-order chi connectivity index (χ0) is 14.5. The van der Waals surface area contributed by atoms with Crippen LogP contribution >= 0.6 is 23.4 Å². The number of thioether (sulfide) groups is 1. The van der Waals surface area contributed by atoms with Crippen LogP contribution in [-0.2, 0) is 4.79 Å². The molecule has 1 amide bonds. The predicted molar refractivity (Wildman–Crippen MR) is 86.6 cm³/mol. The van der Waals surface area contributed by atoms with E-state index in [9.17, 15) is 4.79 Å². The molecule has 104 valence electrons. The molecule has 2 aromatic carbocycles. The Labute approximate surface area is 128 Å². The summed E-state index contributed by atoms with van der Waals surface area (Å²) in [5.74, 6) is -0.00993. The van der Waals surface area contributed by atoms with E-state index in [0.29, 0.717) is 5.02 Å². The van der Waals surface area contributed by atoms with Crippen LogP contribution in [0.25, 0.3) is 0 Å². The fraction of sp³-hybridized carbons (Fsp3) is 0.188. The number of carbonyl (C=O) groups is 1. The minimum atomic E-state index is -0.160. The third kappa shape index (κ3) is 4.02. The summed E-state index contributed by atoms with van der Waals surface area (Å²) in [5, 5.41) is 3.45. The van der Waals surface area contributed by atoms with Crippen molar-refractivity contribution in [3.63, 3.8) is 0 Å². The minimum absolute atomic E-state index is 0.00993. The third-order valence-electron chi connectivity index (χ3n) is 2.87. The van der Waals surface area contributed by atoms with Crippen molar-refractivity contribution in [1.29, 1.82) is 0 Å². The standard InChI is InChI=1S/C16H16ClNOS/c1-11-10-13(17)8-9-15(11)18-16(19)12(2)20-14-6-4-3-5-7-14/h3-10,12H,1-2H3,(H,18,19)/t12-/m1/s1. The highest BCUT2D eigenvalue weighted by Crippen LogP contribution is 2.25. The van der Waals surface area contributed by atoms with Crippen LogP contribution in [0.5, 0.6) is 0 Å². The average molecular weight is 306 g/mol. The molecular weight excluding hydrogens is 290 g/mol. The van der Waals surface area contributed by atoms with Crippen LogP contribution in [0.1, 0.15) is 12.5 Å². The third-order valence-corrected chi connectivity index (χ3v) is 4.22. The average Bonchev–Trinajstić information content (AvgIpc) is 2.43. The molecule has 0 aliphatic heterocycles. The number of halogens is 1. The van der Waals surface area contributed by atoms with Crippen LogP contribution in [0.4, 0.5) is 5.69 Å². The summed E-state index contributed by atoms with van der Waals surface area (Å²) in [6.07, 6.45) is 0. The number of aryl methyl sites for hydroxylation is 1. The van der Waals surface area contributed by atoms with Crippen molar-refractivity contribution in [2.24, 2.45) is 0 Å². The van der Waals surface area contributed by atoms with Crippen molar-refractivity contribution in [2.75, 3.05) is 5.32 Å². The topological polar surface area (TPSA) is 29.1 Å². The van der Waals surface area contributed by atoms with Gasteiger partial charge in [0.05, 0.1) is 5.25 Å². The van der Waals surface area contributed by atoms with Crippen molar-refractivity contribution >= 4 is 35.0 Å². The van der Waals surface area contributed by atoms with Crippen LogP contribution in [0.2, 0.25) is 5.02 Å². The maximum absolute atomic E-state index is 12.2. The van der Waals surface area contributed by atoms with Crippen molar-refractivity contribution in [3.05, 3.63) is 59.1 Å². The lowest BCUT2D eigenvalue weighted by molar-refractivity contribution is -0.115. The SMILES string of the molecule is Cc1cc(Cl)ccc1NC(=O)[C@@H](C)Sc1ccccc1. The molecule has 0 saturated heterocycles. The first-order chi connectivity index (χ1) is 9.56. The summed E-state index contributed by atoms with van der Waals surface area (Å²) < 4.78 is 0. The molecule has 0 heterocycles. The smallest absolute Gasteiger partial charge is 0.237 e. The second-order valence-electron chi connectivity index (χ2n) is 4.52. The van der Waals surface area contributed by atoms with Crippen LogP contribution in [-0.4, -0.2) is 11.2 Å². The Morgan fingerprint density at radius 3 is 2.55 bits per heavy atom. The molecule has 0 saturated carbocycles. The highest BCUT2D eigenvalue weighted by atomic mass is 35.5. The molecule has 2 aromatic rings. The van der Waals surface area contributed by atoms with Crippen molar-refractivity contribution in [3.8, 4) is 0 Å². The number of benzene rings is 2. The first-order valence-corrected chi connectivity index (χ1v) is 7.61. The summed E-state index contributed by atoms with van der Waals surface area (Å²) in [6, 6.07) is 15.4. The van der Waals surface area contributed by atoms with Crippen LogP contribution in [0, 0.1) is 6.92 Å². The molecule has 2 rings (SSSR count). The molecule has 2 nitrogen and oxygen atoms in total. The highest BCUT2D eigenvalue weighted by Gasteiger charge is 2.15. The quantitative estimate of drug-likeness (QED) is 0.825. The van der Waals surface area contributed by atoms with Gasteiger partial charge in [-0.1, -0.05) is 29.8 Å². The van der Waals surface area contributed by atoms with Crippen molar-refractivity contribution in [1.82, 2.24) is 0 Å². The van der Waals surface area contributed by atoms with Gasteiger partial charge in [-0.3, -0.25) is 4.79 Å². The first kappa shape index (κ1) is 14.9. The van der Waals surface area contributed by atoms with E-state index in [4.69, 9.17) is 11.6 Å². The van der Waals surface area contributed by atoms with Gasteiger partial charge in [0.1, 0.15) is 0 Å². The molecule has 1 atom stereocenters. The van der Waals surface area contributed by atoms with Gasteiger partial charge in [-0.25, -0.2) is 0 Å². The normalized spacial score (nSPS) is 11.9. The summed E-state index contributed by atoms with van der Waals surface area (Å²) in [6.45, 7) is 3.83. The van der Waals surface area contributed by atoms with Gasteiger partial charge >= 0.3 is 0 Å². The molecule has 0 aromatic heterocycles. The van der Waals surface area contributed by atoms with E-state index in [1.807, 2.05) is 56.3 Å². The Morgan fingerprint density at radius 2 is 1.90 bits per heavy atom. The fourth-order valence-electron chi connectivity index (χ4n) is 1.76. The molecule has 1 N–H and O–H groups in total. The number of carbonyl (C=O) groups excluding carboxylic acids is 1. The Hall–Kier alpha value is -1.45. The van der Waals surface area contributed by atoms with Gasteiger partial charge in [-0.2, -0.15) is 0 Å². The molecule has 0 bridgehead atoms. The van der Waals surface area contributed by atoms with Gasteiger partial charge in [-0.05, 0) is 49.7 Å². The van der Waals surface area contributed by atoms with E-state index >= 15 is 0 Å². The fourth-order valence-corrected chi connectivity index (χ4v) is 2.87. The first-order valence-electron chi connectivity index (χ1n) is 6.35. The monoisotopic (exact) mass is 305 g/mol. The van der Waals surface area contributed by atoms with E-state index in [1.165, 1.54) is 0 Å². The van der Waals surface area contributed by atoms with E-state index in [1.54, 1.807) is 17.8 Å². The Morgan fingerprint density at radius 1 is 1.20 bits per heavy atom. The molecule has 0 radical (unpaired) electrons. The molecule has 4 heteroatoms. The second-order valence-corrected chi connectivity index (χ2v) is 6.37. The van der Waals surface area contributed by atoms with E-state index < -0.39 is 0 Å². The second kappa shape index (κ2) is 6.82. The number of amides is 1. The maximum Gasteiger partial charge on any atom is 0.237 e. The van der Waals surface area contributed by atoms with Crippen molar-refractivity contribution < 1.29 is 4.79 Å². The molecule has 0 aliphatic rings. The summed E-state index contributed by atoms with van der Waals surface area (Å²) in [4.78, 5) is 13.3. The van der Waals surface area contributed by atoms with Gasteiger partial charge in [-0.15, -0.1) is 11.8 Å². The Bertz CT molecular complexity index is 601. The summed E-state index contributed by atoms with van der Waals surface area (Å²) >= 11 is 7.45. The molecule has 0 spiro atoms. The van der Waals surface area contributed by atoms with Gasteiger partial charge in [0.25, 0.3) is 0 Å². The van der Waals surface area contributed by atoms with E-state index in [2.05, 4.69) is 5.32 Å². The van der Waals surface area contributed by atoms with E-state index in [0.717, 1.165) is 16.1 Å². The minimum Gasteiger partial charge on any atom is -0.325 e. The number of hydrogen-bond donors (Lipinski definition) is 1. The maximum atomic E-state index is 12.2. The van der Waals surface area contributed by atoms with Gasteiger partial charge in [0, 0.05) is 15.6 Å². The lowest BCUT2D eigenvalue weighted by atomic mass is 10.2. The Kier molecular flexibility index (Phi) is 5.10. The number of rotatable bonds is 4. The molecule has 20 heavy (non-hydrogen) atoms. The molecular formula is C16H16ClNOS. The molecule has 0 fully saturated rings. The summed E-state index contributed by atoms with van der Waals surface area (Å²) in [7, 11) is 0. The van der Waals surface area contributed by atoms with Crippen LogP contribution in [0.15, 0.2) is 53.4 Å².